The summed E-state index contributed by atoms with van der Waals surface area (Å²) >= 11 is 12.1. The number of amides is 1. The number of hydrogen-bond donors (Lipinski definition) is 2. The van der Waals surface area contributed by atoms with Crippen molar-refractivity contribution in [2.75, 3.05) is 5.32 Å². The molecule has 3 aromatic rings. The monoisotopic (exact) mass is 386 g/mol. The van der Waals surface area contributed by atoms with E-state index in [4.69, 9.17) is 23.2 Å². The molecule has 1 amide bonds. The predicted molar refractivity (Wildman–Crippen MR) is 104 cm³/mol. The predicted octanol–water partition coefficient (Wildman–Crippen LogP) is 4.77. The van der Waals surface area contributed by atoms with Crippen LogP contribution in [0.25, 0.3) is 0 Å². The van der Waals surface area contributed by atoms with Gasteiger partial charge < -0.3 is 10.6 Å². The minimum absolute atomic E-state index is 0.258. The number of hydrogen-bond acceptors (Lipinski definition) is 4. The number of carbonyl (C=O) groups is 1. The zero-order valence-corrected chi connectivity index (χ0v) is 15.5. The molecule has 0 atom stereocenters. The van der Waals surface area contributed by atoms with Gasteiger partial charge in [0.15, 0.2) is 0 Å². The van der Waals surface area contributed by atoms with Crippen LogP contribution in [0.3, 0.4) is 0 Å². The van der Waals surface area contributed by atoms with Crippen molar-refractivity contribution in [3.8, 4) is 0 Å². The Morgan fingerprint density at radius 3 is 2.77 bits per heavy atom. The number of halogens is 2. The molecule has 1 heterocycles. The van der Waals surface area contributed by atoms with Gasteiger partial charge in [0.25, 0.3) is 5.91 Å². The van der Waals surface area contributed by atoms with Crippen LogP contribution in [0, 0.1) is 6.92 Å². The first kappa shape index (κ1) is 18.2. The van der Waals surface area contributed by atoms with Crippen LogP contribution < -0.4 is 10.6 Å². The summed E-state index contributed by atoms with van der Waals surface area (Å²) in [6.45, 7) is 2.43. The summed E-state index contributed by atoms with van der Waals surface area (Å²) in [5.74, 6) is -0.0217. The average molecular weight is 387 g/mol. The van der Waals surface area contributed by atoms with E-state index in [0.717, 1.165) is 11.1 Å². The summed E-state index contributed by atoms with van der Waals surface area (Å²) < 4.78 is 0. The minimum Gasteiger partial charge on any atom is -0.347 e. The van der Waals surface area contributed by atoms with E-state index in [1.54, 1.807) is 24.3 Å². The summed E-state index contributed by atoms with van der Waals surface area (Å²) in [4.78, 5) is 20.7. The van der Waals surface area contributed by atoms with Gasteiger partial charge in [-0.2, -0.15) is 0 Å². The first-order chi connectivity index (χ1) is 12.5. The molecule has 2 N–H and O–H groups in total. The first-order valence-corrected chi connectivity index (χ1v) is 8.66. The Hall–Kier alpha value is -2.63. The average Bonchev–Trinajstić information content (AvgIpc) is 2.63. The van der Waals surface area contributed by atoms with Gasteiger partial charge in [-0.05, 0) is 36.8 Å². The molecular formula is C19H16Cl2N4O. The van der Waals surface area contributed by atoms with E-state index in [-0.39, 0.29) is 17.5 Å². The number of nitrogens with one attached hydrogen (secondary N) is 2. The lowest BCUT2D eigenvalue weighted by atomic mass is 10.1. The van der Waals surface area contributed by atoms with Crippen LogP contribution in [0.1, 0.15) is 21.6 Å². The fourth-order valence-corrected chi connectivity index (χ4v) is 2.69. The summed E-state index contributed by atoms with van der Waals surface area (Å²) in [5, 5.41) is 6.83. The lowest BCUT2D eigenvalue weighted by Gasteiger charge is -2.09. The van der Waals surface area contributed by atoms with E-state index in [1.165, 1.54) is 6.20 Å². The molecule has 0 spiro atoms. The van der Waals surface area contributed by atoms with Gasteiger partial charge in [-0.1, -0.05) is 53.0 Å². The normalized spacial score (nSPS) is 10.4. The highest BCUT2D eigenvalue weighted by Crippen LogP contribution is 2.27. The lowest BCUT2D eigenvalue weighted by molar-refractivity contribution is 0.0946. The zero-order chi connectivity index (χ0) is 18.5. The Kier molecular flexibility index (Phi) is 5.71. The zero-order valence-electron chi connectivity index (χ0n) is 14.0. The molecule has 0 aliphatic carbocycles. The first-order valence-electron chi connectivity index (χ1n) is 7.90. The second-order valence-corrected chi connectivity index (χ2v) is 6.53. The maximum atomic E-state index is 12.4. The third-order valence-corrected chi connectivity index (χ3v) is 4.16. The topological polar surface area (TPSA) is 66.9 Å². The Bertz CT molecular complexity index is 946. The van der Waals surface area contributed by atoms with Crippen molar-refractivity contribution < 1.29 is 4.79 Å². The Labute approximate surface area is 161 Å². The van der Waals surface area contributed by atoms with Crippen molar-refractivity contribution in [3.63, 3.8) is 0 Å². The Morgan fingerprint density at radius 2 is 1.96 bits per heavy atom. The van der Waals surface area contributed by atoms with E-state index in [1.807, 2.05) is 31.2 Å². The van der Waals surface area contributed by atoms with Gasteiger partial charge in [-0.15, -0.1) is 0 Å². The smallest absolute Gasteiger partial charge is 0.270 e. The van der Waals surface area contributed by atoms with Crippen LogP contribution in [0.2, 0.25) is 10.0 Å². The number of aryl methyl sites for hydroxylation is 1. The fourth-order valence-electron chi connectivity index (χ4n) is 2.35. The van der Waals surface area contributed by atoms with Crippen molar-refractivity contribution in [2.24, 2.45) is 0 Å². The SMILES string of the molecule is Cc1cccc(CNC(=O)c2ccnc(Nc3cc(Cl)ccc3Cl)n2)c1. The largest absolute Gasteiger partial charge is 0.347 e. The number of benzene rings is 2. The van der Waals surface area contributed by atoms with Crippen molar-refractivity contribution in [1.29, 1.82) is 0 Å². The molecule has 7 heteroatoms. The van der Waals surface area contributed by atoms with Crippen molar-refractivity contribution in [3.05, 3.63) is 81.6 Å². The molecule has 0 radical (unpaired) electrons. The molecule has 26 heavy (non-hydrogen) atoms. The number of anilines is 2. The minimum atomic E-state index is -0.283. The maximum Gasteiger partial charge on any atom is 0.270 e. The third-order valence-electron chi connectivity index (χ3n) is 3.60. The number of rotatable bonds is 5. The summed E-state index contributed by atoms with van der Waals surface area (Å²) in [6, 6.07) is 14.5. The van der Waals surface area contributed by atoms with Gasteiger partial charge in [-0.25, -0.2) is 9.97 Å². The standard InChI is InChI=1S/C19H16Cl2N4O/c1-12-3-2-4-13(9-12)11-23-18(26)16-7-8-22-19(24-16)25-17-10-14(20)5-6-15(17)21/h2-10H,11H2,1H3,(H,23,26)(H,22,24,25). The molecule has 0 aliphatic rings. The summed E-state index contributed by atoms with van der Waals surface area (Å²) in [7, 11) is 0. The van der Waals surface area contributed by atoms with Gasteiger partial charge in [0.1, 0.15) is 5.69 Å². The van der Waals surface area contributed by atoms with Crippen LogP contribution in [-0.2, 0) is 6.54 Å². The van der Waals surface area contributed by atoms with Gasteiger partial charge >= 0.3 is 0 Å². The number of carbonyl (C=O) groups excluding carboxylic acids is 1. The van der Waals surface area contributed by atoms with Gasteiger partial charge in [-0.3, -0.25) is 4.79 Å². The Morgan fingerprint density at radius 1 is 1.12 bits per heavy atom. The van der Waals surface area contributed by atoms with E-state index >= 15 is 0 Å². The highest BCUT2D eigenvalue weighted by Gasteiger charge is 2.10. The molecule has 2 aromatic carbocycles. The lowest BCUT2D eigenvalue weighted by Crippen LogP contribution is -2.24. The van der Waals surface area contributed by atoms with Crippen molar-refractivity contribution >= 4 is 40.7 Å². The quantitative estimate of drug-likeness (QED) is 0.662. The number of nitrogens with zero attached hydrogens (tertiary/aromatic N) is 2. The van der Waals surface area contributed by atoms with E-state index in [2.05, 4.69) is 20.6 Å². The van der Waals surface area contributed by atoms with Gasteiger partial charge in [0.05, 0.1) is 10.7 Å². The van der Waals surface area contributed by atoms with E-state index in [9.17, 15) is 4.79 Å². The highest BCUT2D eigenvalue weighted by atomic mass is 35.5. The molecule has 0 unspecified atom stereocenters. The van der Waals surface area contributed by atoms with Crippen LogP contribution in [0.5, 0.6) is 0 Å². The second-order valence-electron chi connectivity index (χ2n) is 5.69. The molecule has 0 bridgehead atoms. The summed E-state index contributed by atoms with van der Waals surface area (Å²) in [6.07, 6.45) is 1.51. The fraction of sp³-hybridized carbons (Fsp3) is 0.105. The molecule has 0 saturated heterocycles. The molecule has 3 rings (SSSR count). The molecule has 5 nitrogen and oxygen atoms in total. The molecule has 1 aromatic heterocycles. The van der Waals surface area contributed by atoms with E-state index < -0.39 is 0 Å². The van der Waals surface area contributed by atoms with Crippen molar-refractivity contribution in [1.82, 2.24) is 15.3 Å². The third kappa shape index (κ3) is 4.71. The maximum absolute atomic E-state index is 12.4. The molecular weight excluding hydrogens is 371 g/mol. The van der Waals surface area contributed by atoms with Crippen LogP contribution >= 0.6 is 23.2 Å². The van der Waals surface area contributed by atoms with E-state index in [0.29, 0.717) is 22.3 Å². The summed E-state index contributed by atoms with van der Waals surface area (Å²) in [5.41, 5.74) is 2.99. The Balaban J connectivity index is 1.70. The molecule has 0 aliphatic heterocycles. The molecule has 132 valence electrons. The van der Waals surface area contributed by atoms with Crippen LogP contribution in [-0.4, -0.2) is 15.9 Å². The highest BCUT2D eigenvalue weighted by molar-refractivity contribution is 6.35. The van der Waals surface area contributed by atoms with Crippen LogP contribution in [0.15, 0.2) is 54.7 Å². The molecule has 0 fully saturated rings. The number of aromatic nitrogens is 2. The second kappa shape index (κ2) is 8.17. The van der Waals surface area contributed by atoms with Gasteiger partial charge in [0.2, 0.25) is 5.95 Å². The molecule has 0 saturated carbocycles. The van der Waals surface area contributed by atoms with Crippen molar-refractivity contribution in [2.45, 2.75) is 13.5 Å². The van der Waals surface area contributed by atoms with Crippen LogP contribution in [0.4, 0.5) is 11.6 Å². The van der Waals surface area contributed by atoms with Gasteiger partial charge in [0, 0.05) is 17.8 Å².